The fourth-order valence-corrected chi connectivity index (χ4v) is 7.08. The van der Waals surface area contributed by atoms with Gasteiger partial charge >= 0.3 is 23.5 Å². The summed E-state index contributed by atoms with van der Waals surface area (Å²) in [5, 5.41) is 26.1. The predicted molar refractivity (Wildman–Crippen MR) is 163 cm³/mol. The number of nitrogens with one attached hydrogen (secondary N) is 2. The zero-order valence-electron chi connectivity index (χ0n) is 25.2. The van der Waals surface area contributed by atoms with Crippen LogP contribution < -0.4 is 16.4 Å². The molecule has 0 aromatic carbocycles. The maximum absolute atomic E-state index is 12.6. The average molecular weight is 768 g/mol. The van der Waals surface area contributed by atoms with Gasteiger partial charge in [-0.3, -0.25) is 27.7 Å². The molecule has 1 saturated heterocycles. The highest BCUT2D eigenvalue weighted by atomic mass is 32.1. The number of phosphoric acid groups is 3. The lowest BCUT2D eigenvalue weighted by atomic mass is 9.87. The summed E-state index contributed by atoms with van der Waals surface area (Å²) in [5.74, 6) is -0.943. The van der Waals surface area contributed by atoms with Crippen LogP contribution in [0.3, 0.4) is 0 Å². The maximum Gasteiger partial charge on any atom is 0.481 e. The Morgan fingerprint density at radius 1 is 1.10 bits per heavy atom. The van der Waals surface area contributed by atoms with Crippen LogP contribution in [-0.2, 0) is 45.9 Å². The second-order valence-corrected chi connectivity index (χ2v) is 15.5. The molecule has 1 fully saturated rings. The SMILES string of the molecule is CC(C)(COP(=O)(O)OP(=O)(O)OC[C@H]1OC(n2cnc3c(N)ncnc32)[C@H](O)[C@@H]1OP(=O)(O)O)[C@@H](O)C(=O)NCCC(=O)NCCS. The molecule has 7 atom stereocenters. The van der Waals surface area contributed by atoms with Gasteiger partial charge in [0, 0.05) is 30.7 Å². The number of ether oxygens (including phenoxy) is 1. The first-order valence-electron chi connectivity index (χ1n) is 13.7. The van der Waals surface area contributed by atoms with Gasteiger partial charge in [-0.25, -0.2) is 28.6 Å². The lowest BCUT2D eigenvalue weighted by Crippen LogP contribution is -2.46. The second-order valence-electron chi connectivity index (χ2n) is 10.8. The molecule has 27 heteroatoms. The fourth-order valence-electron chi connectivity index (χ4n) is 4.14. The van der Waals surface area contributed by atoms with E-state index in [1.807, 2.05) is 0 Å². The van der Waals surface area contributed by atoms with E-state index >= 15 is 0 Å². The highest BCUT2D eigenvalue weighted by Crippen LogP contribution is 2.61. The number of carbonyl (C=O) groups is 2. The largest absolute Gasteiger partial charge is 0.481 e. The second kappa shape index (κ2) is 16.3. The predicted octanol–water partition coefficient (Wildman–Crippen LogP) is -1.67. The Balaban J connectivity index is 1.61. The lowest BCUT2D eigenvalue weighted by Gasteiger charge is -2.30. The van der Waals surface area contributed by atoms with Gasteiger partial charge in [0.1, 0.15) is 36.3 Å². The number of fused-ring (bicyclic) bond motifs is 1. The highest BCUT2D eigenvalue weighted by Gasteiger charge is 2.50. The molecule has 1 aliphatic heterocycles. The summed E-state index contributed by atoms with van der Waals surface area (Å²) in [6, 6.07) is 0. The van der Waals surface area contributed by atoms with Gasteiger partial charge < -0.3 is 50.9 Å². The van der Waals surface area contributed by atoms with Crippen molar-refractivity contribution in [2.24, 2.45) is 5.41 Å². The number of aliphatic hydroxyl groups is 2. The maximum atomic E-state index is 12.6. The molecule has 2 aromatic rings. The molecule has 3 unspecified atom stereocenters. The molecule has 23 nitrogen and oxygen atoms in total. The summed E-state index contributed by atoms with van der Waals surface area (Å²) in [5.41, 5.74) is 4.30. The van der Waals surface area contributed by atoms with Gasteiger partial charge in [0.25, 0.3) is 0 Å². The molecule has 0 aliphatic carbocycles. The summed E-state index contributed by atoms with van der Waals surface area (Å²) in [6.07, 6.45) is -6.74. The molecule has 0 spiro atoms. The summed E-state index contributed by atoms with van der Waals surface area (Å²) in [6.45, 7) is 0.723. The van der Waals surface area contributed by atoms with Crippen molar-refractivity contribution in [3.05, 3.63) is 12.7 Å². The van der Waals surface area contributed by atoms with E-state index in [1.54, 1.807) is 0 Å². The van der Waals surface area contributed by atoms with Gasteiger partial charge in [-0.1, -0.05) is 13.8 Å². The molecule has 272 valence electrons. The van der Waals surface area contributed by atoms with Crippen LogP contribution in [0.25, 0.3) is 11.2 Å². The number of hydrogen-bond donors (Lipinski definition) is 10. The van der Waals surface area contributed by atoms with Gasteiger partial charge in [-0.15, -0.1) is 0 Å². The minimum absolute atomic E-state index is 0.0363. The van der Waals surface area contributed by atoms with Crippen molar-refractivity contribution in [3.8, 4) is 0 Å². The highest BCUT2D eigenvalue weighted by molar-refractivity contribution is 7.80. The Bertz CT molecular complexity index is 1590. The van der Waals surface area contributed by atoms with E-state index in [1.165, 1.54) is 13.8 Å². The standard InChI is InChI=1S/C21H36N7O16P3S/c1-21(2,16(31)19(32)24-4-3-12(29)23-5-6-48)8-41-47(38,39)44-46(36,37)40-7-11-15(43-45(33,34)35)14(30)20(42-11)28-10-27-13-17(22)25-9-26-18(13)28/h9-11,14-16,20,30-31,48H,3-8H2,1-2H3,(H,23,29)(H,24,32)(H,36,37)(H,38,39)(H2,22,25,26)(H2,33,34,35)/t11-,14-,15-,16+,20?/m1/s1. The Morgan fingerprint density at radius 2 is 1.77 bits per heavy atom. The van der Waals surface area contributed by atoms with Crippen LogP contribution in [-0.4, -0.2) is 118 Å². The Hall–Kier alpha value is -2.11. The molecule has 3 rings (SSSR count). The van der Waals surface area contributed by atoms with Crippen molar-refractivity contribution < 1.29 is 75.7 Å². The van der Waals surface area contributed by atoms with Crippen LogP contribution in [0.1, 0.15) is 26.5 Å². The van der Waals surface area contributed by atoms with Gasteiger partial charge in [0.05, 0.1) is 19.5 Å². The van der Waals surface area contributed by atoms with Gasteiger partial charge in [-0.05, 0) is 0 Å². The van der Waals surface area contributed by atoms with Gasteiger partial charge in [0.15, 0.2) is 17.7 Å². The first kappa shape index (κ1) is 40.3. The number of aliphatic hydroxyl groups excluding tert-OH is 2. The molecule has 10 N–H and O–H groups in total. The van der Waals surface area contributed by atoms with E-state index in [0.29, 0.717) is 12.3 Å². The molecule has 0 radical (unpaired) electrons. The van der Waals surface area contributed by atoms with E-state index in [4.69, 9.17) is 19.5 Å². The van der Waals surface area contributed by atoms with Crippen molar-refractivity contribution in [2.75, 3.05) is 37.8 Å². The van der Waals surface area contributed by atoms with Crippen LogP contribution in [0.4, 0.5) is 5.82 Å². The molecule has 1 aliphatic rings. The minimum atomic E-state index is -5.54. The third kappa shape index (κ3) is 11.2. The van der Waals surface area contributed by atoms with E-state index < -0.39 is 78.6 Å². The summed E-state index contributed by atoms with van der Waals surface area (Å²) in [7, 11) is -16.3. The molecule has 0 bridgehead atoms. The Kier molecular flexibility index (Phi) is 13.7. The molecule has 2 aromatic heterocycles. The third-order valence-electron chi connectivity index (χ3n) is 6.51. The van der Waals surface area contributed by atoms with E-state index in [9.17, 15) is 53.1 Å². The van der Waals surface area contributed by atoms with Crippen molar-refractivity contribution in [1.82, 2.24) is 30.2 Å². The van der Waals surface area contributed by atoms with E-state index in [2.05, 4.69) is 47.0 Å². The first-order valence-corrected chi connectivity index (χ1v) is 18.8. The van der Waals surface area contributed by atoms with E-state index in [0.717, 1.165) is 17.2 Å². The average Bonchev–Trinajstić information content (AvgIpc) is 3.54. The molecular weight excluding hydrogens is 731 g/mol. The normalized spacial score (nSPS) is 23.4. The fraction of sp³-hybridized carbons (Fsp3) is 0.667. The van der Waals surface area contributed by atoms with Crippen LogP contribution >= 0.6 is 36.1 Å². The molecule has 3 heterocycles. The third-order valence-corrected chi connectivity index (χ3v) is 9.83. The number of nitrogen functional groups attached to an aromatic ring is 1. The van der Waals surface area contributed by atoms with Crippen LogP contribution in [0, 0.1) is 5.41 Å². The van der Waals surface area contributed by atoms with Crippen LogP contribution in [0.2, 0.25) is 0 Å². The Labute approximate surface area is 277 Å². The number of phosphoric ester groups is 3. The van der Waals surface area contributed by atoms with Crippen molar-refractivity contribution >= 4 is 64.9 Å². The zero-order valence-corrected chi connectivity index (χ0v) is 28.8. The van der Waals surface area contributed by atoms with Crippen molar-refractivity contribution in [3.63, 3.8) is 0 Å². The number of nitrogens with two attached hydrogens (primary N) is 1. The van der Waals surface area contributed by atoms with Crippen LogP contribution in [0.5, 0.6) is 0 Å². The summed E-state index contributed by atoms with van der Waals surface area (Å²) >= 11 is 3.95. The monoisotopic (exact) mass is 767 g/mol. The smallest absolute Gasteiger partial charge is 0.386 e. The molecule has 0 saturated carbocycles. The number of carbonyl (C=O) groups excluding carboxylic acids is 2. The first-order chi connectivity index (χ1) is 22.2. The summed E-state index contributed by atoms with van der Waals surface area (Å²) < 4.78 is 61.7. The van der Waals surface area contributed by atoms with Crippen molar-refractivity contribution in [1.29, 1.82) is 0 Å². The zero-order chi connectivity index (χ0) is 36.1. The number of amides is 2. The number of aromatic nitrogens is 4. The number of anilines is 1. The van der Waals surface area contributed by atoms with Gasteiger partial charge in [0.2, 0.25) is 11.8 Å². The molecular formula is C21H36N7O16P3S. The Morgan fingerprint density at radius 3 is 2.42 bits per heavy atom. The van der Waals surface area contributed by atoms with Gasteiger partial charge in [-0.2, -0.15) is 16.9 Å². The lowest BCUT2D eigenvalue weighted by molar-refractivity contribution is -0.137. The van der Waals surface area contributed by atoms with Crippen LogP contribution in [0.15, 0.2) is 12.7 Å². The number of thiol groups is 1. The molecule has 48 heavy (non-hydrogen) atoms. The molecule has 2 amide bonds. The minimum Gasteiger partial charge on any atom is -0.386 e. The quantitative estimate of drug-likeness (QED) is 0.0599. The number of rotatable bonds is 18. The number of nitrogens with zero attached hydrogens (tertiary/aromatic N) is 4. The number of imidazole rings is 1. The topological polar surface area (TPSA) is 347 Å². The number of hydrogen-bond acceptors (Lipinski definition) is 17. The summed E-state index contributed by atoms with van der Waals surface area (Å²) in [4.78, 5) is 74.6. The van der Waals surface area contributed by atoms with Crippen molar-refractivity contribution in [2.45, 2.75) is 50.9 Å². The van der Waals surface area contributed by atoms with E-state index in [-0.39, 0.29) is 35.9 Å².